The highest BCUT2D eigenvalue weighted by Gasteiger charge is 2.44. The van der Waals surface area contributed by atoms with Crippen LogP contribution in [0.15, 0.2) is 17.1 Å². The van der Waals surface area contributed by atoms with Crippen molar-refractivity contribution in [3.8, 4) is 0 Å². The number of rotatable bonds is 3. The van der Waals surface area contributed by atoms with Gasteiger partial charge < -0.3 is 25.4 Å². The molecule has 0 spiro atoms. The zero-order valence-electron chi connectivity index (χ0n) is 9.76. The Bertz CT molecular complexity index is 477. The van der Waals surface area contributed by atoms with Gasteiger partial charge in [0.2, 0.25) is 0 Å². The lowest BCUT2D eigenvalue weighted by Crippen LogP contribution is -2.36. The van der Waals surface area contributed by atoms with Gasteiger partial charge in [0.1, 0.15) is 24.1 Å². The van der Waals surface area contributed by atoms with E-state index in [1.165, 1.54) is 19.4 Å². The average molecular weight is 257 g/mol. The van der Waals surface area contributed by atoms with Gasteiger partial charge >= 0.3 is 5.69 Å². The van der Waals surface area contributed by atoms with Crippen molar-refractivity contribution in [2.24, 2.45) is 0 Å². The maximum absolute atomic E-state index is 11.6. The molecule has 1 aliphatic rings. The fraction of sp³-hybridized carbons (Fsp3) is 0.600. The molecule has 1 aromatic rings. The monoisotopic (exact) mass is 257 g/mol. The summed E-state index contributed by atoms with van der Waals surface area (Å²) in [4.78, 5) is 15.1. The number of ether oxygens (including phenoxy) is 2. The number of methoxy groups -OCH3 is 1. The van der Waals surface area contributed by atoms with Gasteiger partial charge in [-0.3, -0.25) is 4.57 Å². The van der Waals surface area contributed by atoms with Crippen molar-refractivity contribution < 1.29 is 19.7 Å². The predicted octanol–water partition coefficient (Wildman–Crippen LogP) is -1.91. The van der Waals surface area contributed by atoms with Crippen LogP contribution in [-0.4, -0.2) is 51.8 Å². The third-order valence-corrected chi connectivity index (χ3v) is 2.79. The summed E-state index contributed by atoms with van der Waals surface area (Å²) in [7, 11) is 1.45. The molecule has 8 nitrogen and oxygen atoms in total. The highest BCUT2D eigenvalue weighted by atomic mass is 16.6. The van der Waals surface area contributed by atoms with E-state index in [9.17, 15) is 15.0 Å². The van der Waals surface area contributed by atoms with E-state index < -0.39 is 30.2 Å². The molecule has 0 radical (unpaired) electrons. The Hall–Kier alpha value is -1.48. The fourth-order valence-electron chi connectivity index (χ4n) is 1.88. The molecule has 2 rings (SSSR count). The summed E-state index contributed by atoms with van der Waals surface area (Å²) in [6, 6.07) is 1.41. The summed E-state index contributed by atoms with van der Waals surface area (Å²) in [6.45, 7) is 0.117. The van der Waals surface area contributed by atoms with Crippen molar-refractivity contribution in [1.82, 2.24) is 9.55 Å². The molecule has 1 aromatic heterocycles. The maximum atomic E-state index is 11.6. The van der Waals surface area contributed by atoms with Crippen LogP contribution in [0, 0.1) is 0 Å². The van der Waals surface area contributed by atoms with Crippen LogP contribution in [-0.2, 0) is 9.47 Å². The first-order chi connectivity index (χ1) is 8.54. The van der Waals surface area contributed by atoms with Gasteiger partial charge in [0.15, 0.2) is 6.23 Å². The third-order valence-electron chi connectivity index (χ3n) is 2.79. The maximum Gasteiger partial charge on any atom is 0.351 e. The van der Waals surface area contributed by atoms with E-state index in [1.54, 1.807) is 0 Å². The number of nitrogens with zero attached hydrogens (tertiary/aromatic N) is 2. The van der Waals surface area contributed by atoms with Crippen molar-refractivity contribution in [3.05, 3.63) is 22.7 Å². The Morgan fingerprint density at radius 1 is 1.56 bits per heavy atom. The summed E-state index contributed by atoms with van der Waals surface area (Å²) in [6.07, 6.45) is -2.69. The van der Waals surface area contributed by atoms with Crippen LogP contribution in [0.4, 0.5) is 5.82 Å². The lowest BCUT2D eigenvalue weighted by atomic mass is 10.1. The first-order valence-electron chi connectivity index (χ1n) is 5.39. The zero-order chi connectivity index (χ0) is 13.3. The van der Waals surface area contributed by atoms with Gasteiger partial charge in [-0.25, -0.2) is 4.79 Å². The van der Waals surface area contributed by atoms with Gasteiger partial charge in [-0.2, -0.15) is 4.98 Å². The van der Waals surface area contributed by atoms with Crippen molar-refractivity contribution in [1.29, 1.82) is 0 Å². The quantitative estimate of drug-likeness (QED) is 0.578. The molecule has 4 atom stereocenters. The van der Waals surface area contributed by atoms with Crippen LogP contribution >= 0.6 is 0 Å². The molecule has 1 aliphatic heterocycles. The Labute approximate surface area is 103 Å². The summed E-state index contributed by atoms with van der Waals surface area (Å²) >= 11 is 0. The zero-order valence-corrected chi connectivity index (χ0v) is 9.76. The van der Waals surface area contributed by atoms with Crippen LogP contribution in [0.3, 0.4) is 0 Å². The Kier molecular flexibility index (Phi) is 3.62. The first-order valence-corrected chi connectivity index (χ1v) is 5.39. The van der Waals surface area contributed by atoms with Crippen LogP contribution < -0.4 is 11.4 Å². The number of hydrogen-bond donors (Lipinski definition) is 3. The molecule has 0 aliphatic carbocycles. The van der Waals surface area contributed by atoms with E-state index in [1.807, 2.05) is 0 Å². The molecule has 18 heavy (non-hydrogen) atoms. The Morgan fingerprint density at radius 3 is 2.89 bits per heavy atom. The summed E-state index contributed by atoms with van der Waals surface area (Å²) in [5.41, 5.74) is 4.72. The first kappa shape index (κ1) is 13.0. The summed E-state index contributed by atoms with van der Waals surface area (Å²) in [5, 5.41) is 19.6. The van der Waals surface area contributed by atoms with Crippen molar-refractivity contribution in [2.45, 2.75) is 24.5 Å². The predicted molar refractivity (Wildman–Crippen MR) is 60.7 cm³/mol. The number of nitrogens with two attached hydrogens (primary N) is 1. The lowest BCUT2D eigenvalue weighted by molar-refractivity contribution is -0.0613. The smallest absolute Gasteiger partial charge is 0.351 e. The molecule has 100 valence electrons. The fourth-order valence-corrected chi connectivity index (χ4v) is 1.88. The van der Waals surface area contributed by atoms with Crippen molar-refractivity contribution in [2.75, 3.05) is 19.5 Å². The molecule has 2 unspecified atom stereocenters. The Balaban J connectivity index is 2.26. The second-order valence-corrected chi connectivity index (χ2v) is 4.04. The minimum Gasteiger partial charge on any atom is -0.387 e. The van der Waals surface area contributed by atoms with E-state index >= 15 is 0 Å². The highest BCUT2D eigenvalue weighted by Crippen LogP contribution is 2.28. The van der Waals surface area contributed by atoms with Gasteiger partial charge in [-0.15, -0.1) is 0 Å². The second kappa shape index (κ2) is 5.02. The van der Waals surface area contributed by atoms with Gasteiger partial charge in [0.05, 0.1) is 6.61 Å². The van der Waals surface area contributed by atoms with E-state index in [0.717, 1.165) is 4.57 Å². The van der Waals surface area contributed by atoms with Crippen molar-refractivity contribution in [3.63, 3.8) is 0 Å². The normalized spacial score (nSPS) is 31.7. The van der Waals surface area contributed by atoms with Crippen LogP contribution in [0.1, 0.15) is 6.23 Å². The number of anilines is 1. The summed E-state index contributed by atoms with van der Waals surface area (Å²) in [5.74, 6) is 0.0812. The average Bonchev–Trinajstić information content (AvgIpc) is 2.58. The van der Waals surface area contributed by atoms with Gasteiger partial charge in [-0.05, 0) is 6.07 Å². The van der Waals surface area contributed by atoms with Gasteiger partial charge in [0.25, 0.3) is 0 Å². The number of hydrogen-bond acceptors (Lipinski definition) is 7. The standard InChI is InChI=1S/C10H15N3O5/c1-17-4-5-7(14)8(15)9(18-5)13-3-2-6(11)12-10(13)16/h2-3,5,7-9,14-15H,4H2,1H3,(H2,11,12,16)/t5-,7?,8?,9-/m1/s1. The molecule has 4 N–H and O–H groups in total. The molecule has 0 bridgehead atoms. The SMILES string of the molecule is COC[C@H]1O[C@@H](n2ccc(N)nc2=O)C(O)C1O. The lowest BCUT2D eigenvalue weighted by Gasteiger charge is -2.16. The minimum absolute atomic E-state index is 0.0812. The second-order valence-electron chi connectivity index (χ2n) is 4.04. The molecule has 0 amide bonds. The minimum atomic E-state index is -1.23. The third kappa shape index (κ3) is 2.23. The van der Waals surface area contributed by atoms with Crippen molar-refractivity contribution >= 4 is 5.82 Å². The number of nitrogen functional groups attached to an aromatic ring is 1. The molecule has 8 heteroatoms. The highest BCUT2D eigenvalue weighted by molar-refractivity contribution is 5.23. The van der Waals surface area contributed by atoms with E-state index in [-0.39, 0.29) is 12.4 Å². The molecule has 0 aromatic carbocycles. The molecule has 2 heterocycles. The van der Waals surface area contributed by atoms with Crippen LogP contribution in [0.5, 0.6) is 0 Å². The van der Waals surface area contributed by atoms with E-state index in [0.29, 0.717) is 0 Å². The summed E-state index contributed by atoms with van der Waals surface area (Å²) < 4.78 is 11.3. The number of aliphatic hydroxyl groups excluding tert-OH is 2. The molecule has 1 saturated heterocycles. The Morgan fingerprint density at radius 2 is 2.28 bits per heavy atom. The van der Waals surface area contributed by atoms with E-state index in [4.69, 9.17) is 15.2 Å². The largest absolute Gasteiger partial charge is 0.387 e. The van der Waals surface area contributed by atoms with Gasteiger partial charge in [0, 0.05) is 13.3 Å². The van der Waals surface area contributed by atoms with Crippen LogP contribution in [0.25, 0.3) is 0 Å². The molecular weight excluding hydrogens is 242 g/mol. The van der Waals surface area contributed by atoms with Gasteiger partial charge in [-0.1, -0.05) is 0 Å². The molecule has 1 fully saturated rings. The number of aromatic nitrogens is 2. The van der Waals surface area contributed by atoms with Crippen LogP contribution in [0.2, 0.25) is 0 Å². The van der Waals surface area contributed by atoms with E-state index in [2.05, 4.69) is 4.98 Å². The molecular formula is C10H15N3O5. The number of aliphatic hydroxyl groups is 2. The topological polar surface area (TPSA) is 120 Å². The molecule has 0 saturated carbocycles.